The Morgan fingerprint density at radius 2 is 2.05 bits per heavy atom. The van der Waals surface area contributed by atoms with Gasteiger partial charge in [0, 0.05) is 5.92 Å². The van der Waals surface area contributed by atoms with Crippen LogP contribution in [0.2, 0.25) is 0 Å². The Kier molecular flexibility index (Phi) is 2.36. The van der Waals surface area contributed by atoms with E-state index in [1.807, 2.05) is 0 Å². The van der Waals surface area contributed by atoms with Gasteiger partial charge in [0.15, 0.2) is 5.82 Å². The van der Waals surface area contributed by atoms with Gasteiger partial charge in [-0.2, -0.15) is 0 Å². The molecule has 0 aromatic carbocycles. The number of nitrogen functional groups attached to an aromatic ring is 1. The molecule has 3 saturated carbocycles. The molecule has 0 aliphatic heterocycles. The van der Waals surface area contributed by atoms with Gasteiger partial charge in [-0.1, -0.05) is 11.8 Å². The first-order valence-corrected chi connectivity index (χ1v) is 7.70. The molecule has 4 unspecified atom stereocenters. The molecule has 0 radical (unpaired) electrons. The summed E-state index contributed by atoms with van der Waals surface area (Å²) in [7, 11) is 0. The zero-order valence-electron chi connectivity index (χ0n) is 10.4. The smallest absolute Gasteiger partial charge is 0.313 e. The fourth-order valence-electron chi connectivity index (χ4n) is 4.41. The maximum absolute atomic E-state index is 10.6. The second kappa shape index (κ2) is 3.88. The number of rotatable bonds is 4. The lowest BCUT2D eigenvalue weighted by Gasteiger charge is -2.08. The molecule has 7 heteroatoms. The average Bonchev–Trinajstić information content (AvgIpc) is 2.74. The molecule has 3 aliphatic carbocycles. The van der Waals surface area contributed by atoms with Crippen molar-refractivity contribution < 1.29 is 9.90 Å². The van der Waals surface area contributed by atoms with Crippen LogP contribution in [0.25, 0.3) is 0 Å². The molecular formula is C12H16N4O2S. The number of carbonyl (C=O) groups is 1. The maximum atomic E-state index is 10.6. The molecule has 3 N–H and O–H groups in total. The number of carboxylic acid groups (broad SMARTS) is 1. The Balaban J connectivity index is 1.53. The second-order valence-electron chi connectivity index (χ2n) is 5.91. The summed E-state index contributed by atoms with van der Waals surface area (Å²) < 4.78 is 1.51. The zero-order valence-corrected chi connectivity index (χ0v) is 11.2. The van der Waals surface area contributed by atoms with Crippen LogP contribution in [0.5, 0.6) is 0 Å². The summed E-state index contributed by atoms with van der Waals surface area (Å²) in [4.78, 5) is 10.6. The molecule has 4 rings (SSSR count). The van der Waals surface area contributed by atoms with Gasteiger partial charge in [-0.3, -0.25) is 4.79 Å². The van der Waals surface area contributed by atoms with Crippen molar-refractivity contribution >= 4 is 17.7 Å². The minimum atomic E-state index is -0.865. The zero-order chi connectivity index (χ0) is 13.1. The number of carboxylic acids is 1. The molecular weight excluding hydrogens is 264 g/mol. The van der Waals surface area contributed by atoms with Gasteiger partial charge < -0.3 is 10.9 Å². The molecule has 0 spiro atoms. The van der Waals surface area contributed by atoms with E-state index < -0.39 is 5.97 Å². The van der Waals surface area contributed by atoms with Gasteiger partial charge in [0.1, 0.15) is 0 Å². The summed E-state index contributed by atoms with van der Waals surface area (Å²) in [6.45, 7) is 0. The van der Waals surface area contributed by atoms with Crippen LogP contribution in [-0.2, 0) is 4.79 Å². The molecule has 1 aromatic heterocycles. The monoisotopic (exact) mass is 280 g/mol. The number of thioether (sulfide) groups is 1. The third-order valence-electron chi connectivity index (χ3n) is 5.05. The summed E-state index contributed by atoms with van der Waals surface area (Å²) in [5.74, 6) is 9.73. The van der Waals surface area contributed by atoms with Crippen molar-refractivity contribution in [2.24, 2.45) is 23.7 Å². The van der Waals surface area contributed by atoms with Gasteiger partial charge in [-0.25, -0.2) is 4.68 Å². The number of nitrogens with two attached hydrogens (primary N) is 1. The van der Waals surface area contributed by atoms with E-state index in [-0.39, 0.29) is 5.75 Å². The van der Waals surface area contributed by atoms with Crippen molar-refractivity contribution in [2.45, 2.75) is 30.3 Å². The minimum absolute atomic E-state index is 0.0297. The molecule has 19 heavy (non-hydrogen) atoms. The van der Waals surface area contributed by atoms with E-state index in [0.717, 1.165) is 41.3 Å². The van der Waals surface area contributed by atoms with Crippen LogP contribution in [0, 0.1) is 23.7 Å². The Hall–Kier alpha value is -1.24. The van der Waals surface area contributed by atoms with Crippen molar-refractivity contribution in [1.82, 2.24) is 14.9 Å². The molecule has 4 atom stereocenters. The van der Waals surface area contributed by atoms with Gasteiger partial charge in [0.2, 0.25) is 5.16 Å². The number of hydrogen-bond donors (Lipinski definition) is 2. The van der Waals surface area contributed by atoms with E-state index in [2.05, 4.69) is 10.2 Å². The van der Waals surface area contributed by atoms with Crippen molar-refractivity contribution in [3.63, 3.8) is 0 Å². The molecule has 0 amide bonds. The van der Waals surface area contributed by atoms with Crippen molar-refractivity contribution in [3.05, 3.63) is 5.82 Å². The first kappa shape index (κ1) is 11.6. The highest BCUT2D eigenvalue weighted by atomic mass is 32.2. The Labute approximate surface area is 114 Å². The third kappa shape index (κ3) is 1.60. The Bertz CT molecular complexity index is 530. The number of fused-ring (bicyclic) bond motifs is 5. The van der Waals surface area contributed by atoms with Gasteiger partial charge in [0.05, 0.1) is 5.75 Å². The molecule has 102 valence electrons. The van der Waals surface area contributed by atoms with Crippen LogP contribution >= 0.6 is 11.8 Å². The van der Waals surface area contributed by atoms with E-state index in [4.69, 9.17) is 10.9 Å². The van der Waals surface area contributed by atoms with E-state index in [1.165, 1.54) is 23.9 Å². The van der Waals surface area contributed by atoms with E-state index in [1.54, 1.807) is 0 Å². The van der Waals surface area contributed by atoms with Crippen LogP contribution in [0.4, 0.5) is 0 Å². The highest BCUT2D eigenvalue weighted by Crippen LogP contribution is 2.72. The van der Waals surface area contributed by atoms with Crippen LogP contribution in [-0.4, -0.2) is 31.7 Å². The number of nitrogens with zero attached hydrogens (tertiary/aromatic N) is 3. The SMILES string of the molecule is Nn1c(SCC(=O)O)nnc1C1C2C3CCC(C3)C12. The van der Waals surface area contributed by atoms with Gasteiger partial charge in [-0.15, -0.1) is 10.2 Å². The van der Waals surface area contributed by atoms with Crippen molar-refractivity contribution in [3.8, 4) is 0 Å². The lowest BCUT2D eigenvalue weighted by molar-refractivity contribution is -0.133. The Morgan fingerprint density at radius 1 is 1.37 bits per heavy atom. The number of aliphatic carboxylic acids is 1. The van der Waals surface area contributed by atoms with Crippen LogP contribution < -0.4 is 5.84 Å². The lowest BCUT2D eigenvalue weighted by atomic mass is 10.0. The second-order valence-corrected chi connectivity index (χ2v) is 6.85. The summed E-state index contributed by atoms with van der Waals surface area (Å²) in [5.41, 5.74) is 0. The van der Waals surface area contributed by atoms with Gasteiger partial charge >= 0.3 is 5.97 Å². The topological polar surface area (TPSA) is 94.0 Å². The molecule has 6 nitrogen and oxygen atoms in total. The fourth-order valence-corrected chi connectivity index (χ4v) is 4.99. The summed E-state index contributed by atoms with van der Waals surface area (Å²) >= 11 is 1.13. The van der Waals surface area contributed by atoms with Crippen molar-refractivity contribution in [1.29, 1.82) is 0 Å². The summed E-state index contributed by atoms with van der Waals surface area (Å²) in [6.07, 6.45) is 4.12. The summed E-state index contributed by atoms with van der Waals surface area (Å²) in [5, 5.41) is 17.4. The predicted octanol–water partition coefficient (Wildman–Crippen LogP) is 0.928. The third-order valence-corrected chi connectivity index (χ3v) is 5.98. The van der Waals surface area contributed by atoms with E-state index >= 15 is 0 Å². The minimum Gasteiger partial charge on any atom is -0.481 e. The van der Waals surface area contributed by atoms with Crippen molar-refractivity contribution in [2.75, 3.05) is 11.6 Å². The maximum Gasteiger partial charge on any atom is 0.313 e. The Morgan fingerprint density at radius 3 is 2.68 bits per heavy atom. The normalized spacial score (nSPS) is 38.4. The van der Waals surface area contributed by atoms with E-state index in [9.17, 15) is 4.79 Å². The lowest BCUT2D eigenvalue weighted by Crippen LogP contribution is -2.16. The highest BCUT2D eigenvalue weighted by molar-refractivity contribution is 7.99. The first-order chi connectivity index (χ1) is 9.16. The largest absolute Gasteiger partial charge is 0.481 e. The van der Waals surface area contributed by atoms with E-state index in [0.29, 0.717) is 11.1 Å². The highest BCUT2D eigenvalue weighted by Gasteiger charge is 2.66. The number of hydrogen-bond acceptors (Lipinski definition) is 5. The first-order valence-electron chi connectivity index (χ1n) is 6.72. The average molecular weight is 280 g/mol. The standard InChI is InChI=1S/C12H16N4O2S/c13-16-11(14-15-12(16)19-4-7(17)18)10-8-5-1-2-6(3-5)9(8)10/h5-6,8-10H,1-4,13H2,(H,17,18). The molecule has 2 bridgehead atoms. The molecule has 3 aliphatic rings. The molecule has 1 heterocycles. The van der Waals surface area contributed by atoms with Crippen LogP contribution in [0.1, 0.15) is 31.0 Å². The molecule has 0 saturated heterocycles. The van der Waals surface area contributed by atoms with Crippen LogP contribution in [0.15, 0.2) is 5.16 Å². The van der Waals surface area contributed by atoms with Gasteiger partial charge in [-0.05, 0) is 42.9 Å². The molecule has 1 aromatic rings. The number of aromatic nitrogens is 3. The fraction of sp³-hybridized carbons (Fsp3) is 0.750. The predicted molar refractivity (Wildman–Crippen MR) is 69.1 cm³/mol. The molecule has 3 fully saturated rings. The summed E-state index contributed by atoms with van der Waals surface area (Å²) in [6, 6.07) is 0. The quantitative estimate of drug-likeness (QED) is 0.629. The van der Waals surface area contributed by atoms with Crippen LogP contribution in [0.3, 0.4) is 0 Å². The van der Waals surface area contributed by atoms with Gasteiger partial charge in [0.25, 0.3) is 0 Å².